The van der Waals surface area contributed by atoms with Gasteiger partial charge in [0.15, 0.2) is 0 Å². The summed E-state index contributed by atoms with van der Waals surface area (Å²) in [5, 5.41) is 23.9. The van der Waals surface area contributed by atoms with E-state index in [2.05, 4.69) is 5.32 Å². The molecule has 1 aliphatic heterocycles. The summed E-state index contributed by atoms with van der Waals surface area (Å²) in [6, 6.07) is 4.28. The molecule has 7 nitrogen and oxygen atoms in total. The quantitative estimate of drug-likeness (QED) is 0.647. The maximum Gasteiger partial charge on any atom is 0.292 e. The molecule has 1 amide bonds. The van der Waals surface area contributed by atoms with Crippen LogP contribution >= 0.6 is 0 Å². The topological polar surface area (TPSA) is 95.7 Å². The van der Waals surface area contributed by atoms with Crippen LogP contribution in [0, 0.1) is 10.1 Å². The van der Waals surface area contributed by atoms with E-state index in [-0.39, 0.29) is 11.6 Å². The minimum absolute atomic E-state index is 0.0552. The number of hydrogen-bond donors (Lipinski definition) is 2. The average Bonchev–Trinajstić information content (AvgIpc) is 2.44. The fourth-order valence-corrected chi connectivity index (χ4v) is 2.64. The maximum atomic E-state index is 11.7. The van der Waals surface area contributed by atoms with Crippen LogP contribution in [0.4, 0.5) is 11.4 Å². The number of benzene rings is 1. The van der Waals surface area contributed by atoms with E-state index in [1.807, 2.05) is 0 Å². The monoisotopic (exact) mass is 293 g/mol. The second kappa shape index (κ2) is 5.69. The molecule has 0 radical (unpaired) electrons. The zero-order chi connectivity index (χ0) is 15.6. The lowest BCUT2D eigenvalue weighted by molar-refractivity contribution is -0.384. The highest BCUT2D eigenvalue weighted by atomic mass is 16.6. The highest BCUT2D eigenvalue weighted by Gasteiger charge is 2.31. The van der Waals surface area contributed by atoms with Crippen molar-refractivity contribution in [3.63, 3.8) is 0 Å². The van der Waals surface area contributed by atoms with Gasteiger partial charge in [-0.25, -0.2) is 0 Å². The average molecular weight is 293 g/mol. The smallest absolute Gasteiger partial charge is 0.292 e. The van der Waals surface area contributed by atoms with Gasteiger partial charge in [0.25, 0.3) is 11.6 Å². The van der Waals surface area contributed by atoms with Crippen molar-refractivity contribution >= 4 is 17.3 Å². The molecule has 1 fully saturated rings. The van der Waals surface area contributed by atoms with Gasteiger partial charge in [-0.3, -0.25) is 14.9 Å². The predicted molar refractivity (Wildman–Crippen MR) is 78.6 cm³/mol. The first-order chi connectivity index (χ1) is 9.84. The lowest BCUT2D eigenvalue weighted by Crippen LogP contribution is -2.46. The van der Waals surface area contributed by atoms with Crippen molar-refractivity contribution in [2.75, 3.05) is 25.0 Å². The minimum atomic E-state index is -0.880. The van der Waals surface area contributed by atoms with Crippen molar-refractivity contribution in [2.24, 2.45) is 0 Å². The van der Waals surface area contributed by atoms with Gasteiger partial charge >= 0.3 is 0 Å². The number of carbonyl (C=O) groups excluding carboxylic acids is 1. The van der Waals surface area contributed by atoms with Gasteiger partial charge in [-0.05, 0) is 31.9 Å². The lowest BCUT2D eigenvalue weighted by Gasteiger charge is -2.38. The fourth-order valence-electron chi connectivity index (χ4n) is 2.64. The van der Waals surface area contributed by atoms with Crippen LogP contribution in [0.2, 0.25) is 0 Å². The SMILES string of the molecule is CNC(=O)c1ccc([N+](=O)[O-])c(N2CCCC(C)(O)C2)c1. The Morgan fingerprint density at radius 3 is 2.81 bits per heavy atom. The molecule has 1 heterocycles. The molecule has 0 saturated carbocycles. The lowest BCUT2D eigenvalue weighted by atomic mass is 9.94. The third-order valence-electron chi connectivity index (χ3n) is 3.68. The molecular formula is C14H19N3O4. The van der Waals surface area contributed by atoms with E-state index < -0.39 is 10.5 Å². The normalized spacial score (nSPS) is 22.0. The Labute approximate surface area is 122 Å². The number of nitro benzene ring substituents is 1. The van der Waals surface area contributed by atoms with Gasteiger partial charge in [0.05, 0.1) is 10.5 Å². The van der Waals surface area contributed by atoms with Gasteiger partial charge in [-0.15, -0.1) is 0 Å². The molecule has 21 heavy (non-hydrogen) atoms. The Morgan fingerprint density at radius 1 is 1.52 bits per heavy atom. The number of hydrogen-bond acceptors (Lipinski definition) is 5. The van der Waals surface area contributed by atoms with Gasteiger partial charge in [0.2, 0.25) is 0 Å². The number of nitrogens with one attached hydrogen (secondary N) is 1. The molecule has 114 valence electrons. The molecule has 0 spiro atoms. The maximum absolute atomic E-state index is 11.7. The van der Waals surface area contributed by atoms with Crippen LogP contribution in [0.25, 0.3) is 0 Å². The zero-order valence-corrected chi connectivity index (χ0v) is 12.1. The molecule has 0 bridgehead atoms. The zero-order valence-electron chi connectivity index (χ0n) is 12.1. The van der Waals surface area contributed by atoms with Gasteiger partial charge in [-0.1, -0.05) is 0 Å². The fraction of sp³-hybridized carbons (Fsp3) is 0.500. The number of aliphatic hydroxyl groups is 1. The van der Waals surface area contributed by atoms with Gasteiger partial charge < -0.3 is 15.3 Å². The van der Waals surface area contributed by atoms with E-state index in [0.717, 1.165) is 6.42 Å². The van der Waals surface area contributed by atoms with Crippen LogP contribution in [0.3, 0.4) is 0 Å². The molecule has 7 heteroatoms. The van der Waals surface area contributed by atoms with Gasteiger partial charge in [-0.2, -0.15) is 0 Å². The van der Waals surface area contributed by atoms with E-state index in [4.69, 9.17) is 0 Å². The largest absolute Gasteiger partial charge is 0.388 e. The first-order valence-corrected chi connectivity index (χ1v) is 6.82. The summed E-state index contributed by atoms with van der Waals surface area (Å²) in [4.78, 5) is 24.2. The van der Waals surface area contributed by atoms with E-state index >= 15 is 0 Å². The van der Waals surface area contributed by atoms with E-state index in [1.165, 1.54) is 25.2 Å². The predicted octanol–water partition coefficient (Wildman–Crippen LogP) is 1.31. The van der Waals surface area contributed by atoms with Crippen molar-refractivity contribution < 1.29 is 14.8 Å². The summed E-state index contributed by atoms with van der Waals surface area (Å²) in [7, 11) is 1.51. The summed E-state index contributed by atoms with van der Waals surface area (Å²) in [5.74, 6) is -0.296. The van der Waals surface area contributed by atoms with Crippen molar-refractivity contribution in [3.05, 3.63) is 33.9 Å². The number of β-amino-alcohol motifs (C(OH)–C–C–N with tert-alkyl or cyclic N) is 1. The minimum Gasteiger partial charge on any atom is -0.388 e. The van der Waals surface area contributed by atoms with Crippen LogP contribution in [-0.4, -0.2) is 41.7 Å². The Kier molecular flexibility index (Phi) is 4.13. The van der Waals surface area contributed by atoms with Crippen molar-refractivity contribution in [1.82, 2.24) is 5.32 Å². The number of amides is 1. The second-order valence-corrected chi connectivity index (χ2v) is 5.56. The first kappa shape index (κ1) is 15.2. The molecule has 1 aromatic carbocycles. The van der Waals surface area contributed by atoms with Crippen LogP contribution in [0.15, 0.2) is 18.2 Å². The number of nitrogens with zero attached hydrogens (tertiary/aromatic N) is 2. The van der Waals surface area contributed by atoms with Crippen LogP contribution in [0.1, 0.15) is 30.1 Å². The second-order valence-electron chi connectivity index (χ2n) is 5.56. The highest BCUT2D eigenvalue weighted by Crippen LogP contribution is 2.33. The van der Waals surface area contributed by atoms with Gasteiger partial charge in [0.1, 0.15) is 5.69 Å². The summed E-state index contributed by atoms with van der Waals surface area (Å²) in [6.07, 6.45) is 1.40. The Hall–Kier alpha value is -2.15. The van der Waals surface area contributed by atoms with E-state index in [9.17, 15) is 20.0 Å². The van der Waals surface area contributed by atoms with E-state index in [1.54, 1.807) is 11.8 Å². The number of piperidine rings is 1. The van der Waals surface area contributed by atoms with Crippen molar-refractivity contribution in [3.8, 4) is 0 Å². The van der Waals surface area contributed by atoms with Gasteiger partial charge in [0, 0.05) is 31.8 Å². The highest BCUT2D eigenvalue weighted by molar-refractivity contribution is 5.95. The number of rotatable bonds is 3. The molecule has 2 N–H and O–H groups in total. The Balaban J connectivity index is 2.43. The Bertz CT molecular complexity index is 571. The summed E-state index contributed by atoms with van der Waals surface area (Å²) >= 11 is 0. The first-order valence-electron chi connectivity index (χ1n) is 6.82. The van der Waals surface area contributed by atoms with Crippen LogP contribution in [0.5, 0.6) is 0 Å². The molecule has 1 unspecified atom stereocenters. The molecule has 2 rings (SSSR count). The van der Waals surface area contributed by atoms with Crippen molar-refractivity contribution in [1.29, 1.82) is 0 Å². The molecular weight excluding hydrogens is 274 g/mol. The number of nitro groups is 1. The molecule has 1 saturated heterocycles. The third-order valence-corrected chi connectivity index (χ3v) is 3.68. The number of anilines is 1. The van der Waals surface area contributed by atoms with Crippen LogP contribution < -0.4 is 10.2 Å². The molecule has 0 aromatic heterocycles. The number of carbonyl (C=O) groups is 1. The standard InChI is InChI=1S/C14H19N3O4/c1-14(19)6-3-7-16(9-14)12-8-10(13(18)15-2)4-5-11(12)17(20)21/h4-5,8,19H,3,6-7,9H2,1-2H3,(H,15,18). The molecule has 1 atom stereocenters. The summed E-state index contributed by atoms with van der Waals surface area (Å²) < 4.78 is 0. The molecule has 0 aliphatic carbocycles. The van der Waals surface area contributed by atoms with Crippen LogP contribution in [-0.2, 0) is 0 Å². The third kappa shape index (κ3) is 3.30. The summed E-state index contributed by atoms with van der Waals surface area (Å²) in [5.41, 5.74) is -0.195. The summed E-state index contributed by atoms with van der Waals surface area (Å²) in [6.45, 7) is 2.65. The Morgan fingerprint density at radius 2 is 2.24 bits per heavy atom. The van der Waals surface area contributed by atoms with E-state index in [0.29, 0.717) is 30.8 Å². The molecule has 1 aromatic rings. The van der Waals surface area contributed by atoms with Crippen molar-refractivity contribution in [2.45, 2.75) is 25.4 Å². The molecule has 1 aliphatic rings.